The average Bonchev–Trinajstić information content (AvgIpc) is 2.98. The number of carbonyl (C=O) groups excluding carboxylic acids is 1. The van der Waals surface area contributed by atoms with Gasteiger partial charge in [0.15, 0.2) is 5.78 Å². The third kappa shape index (κ3) is 3.02. The predicted octanol–water partition coefficient (Wildman–Crippen LogP) is 4.98. The molecular weight excluding hydrogens is 338 g/mol. The molecule has 0 aliphatic heterocycles. The zero-order valence-corrected chi connectivity index (χ0v) is 14.7. The van der Waals surface area contributed by atoms with Crippen molar-refractivity contribution in [2.24, 2.45) is 4.99 Å². The molecule has 0 spiro atoms. The van der Waals surface area contributed by atoms with Gasteiger partial charge in [0, 0.05) is 16.7 Å². The molecule has 1 aliphatic carbocycles. The Kier molecular flexibility index (Phi) is 4.30. The van der Waals surface area contributed by atoms with Gasteiger partial charge in [0.25, 0.3) is 0 Å². The molecule has 1 N–H and O–H groups in total. The number of fused-ring (bicyclic) bond motifs is 1. The second kappa shape index (κ2) is 6.92. The molecule has 0 saturated heterocycles. The first kappa shape index (κ1) is 16.8. The summed E-state index contributed by atoms with van der Waals surface area (Å²) >= 11 is 0. The van der Waals surface area contributed by atoms with Gasteiger partial charge in [0.1, 0.15) is 11.5 Å². The van der Waals surface area contributed by atoms with Crippen LogP contribution in [-0.2, 0) is 0 Å². The van der Waals surface area contributed by atoms with Crippen LogP contribution in [0, 0.1) is 0 Å². The van der Waals surface area contributed by atoms with Crippen LogP contribution < -0.4 is 4.74 Å². The van der Waals surface area contributed by atoms with Crippen LogP contribution in [-0.4, -0.2) is 23.7 Å². The number of aliphatic hydroxyl groups excluding tert-OH is 1. The first-order valence-electron chi connectivity index (χ1n) is 8.55. The fourth-order valence-corrected chi connectivity index (χ4v) is 3.13. The number of nitrogens with zero attached hydrogens (tertiary/aromatic N) is 1. The highest BCUT2D eigenvalue weighted by Gasteiger charge is 2.33. The number of aliphatic imine (C=N–C) groups is 1. The van der Waals surface area contributed by atoms with E-state index in [4.69, 9.17) is 9.73 Å². The number of Topliss-reactive ketones (excluding diaryl/α,β-unsaturated/α-hetero) is 1. The summed E-state index contributed by atoms with van der Waals surface area (Å²) in [5.74, 6) is 0.465. The number of allylic oxidation sites excluding steroid dienone is 1. The highest BCUT2D eigenvalue weighted by molar-refractivity contribution is 6.39. The van der Waals surface area contributed by atoms with Crippen LogP contribution in [0.2, 0.25) is 0 Å². The Morgan fingerprint density at radius 1 is 0.852 bits per heavy atom. The van der Waals surface area contributed by atoms with E-state index in [1.807, 2.05) is 42.5 Å². The second-order valence-corrected chi connectivity index (χ2v) is 6.12. The van der Waals surface area contributed by atoms with Crippen molar-refractivity contribution in [3.8, 4) is 5.75 Å². The van der Waals surface area contributed by atoms with E-state index in [1.54, 1.807) is 43.5 Å². The molecule has 4 rings (SSSR count). The van der Waals surface area contributed by atoms with Gasteiger partial charge in [-0.1, -0.05) is 54.6 Å². The second-order valence-electron chi connectivity index (χ2n) is 6.12. The van der Waals surface area contributed by atoms with Gasteiger partial charge in [-0.25, -0.2) is 4.99 Å². The van der Waals surface area contributed by atoms with Crippen LogP contribution in [0.3, 0.4) is 0 Å². The quantitative estimate of drug-likeness (QED) is 0.671. The zero-order valence-electron chi connectivity index (χ0n) is 14.7. The van der Waals surface area contributed by atoms with E-state index in [0.29, 0.717) is 22.5 Å². The van der Waals surface area contributed by atoms with Gasteiger partial charge in [-0.05, 0) is 24.3 Å². The van der Waals surface area contributed by atoms with Gasteiger partial charge in [-0.3, -0.25) is 4.79 Å². The third-order valence-corrected chi connectivity index (χ3v) is 4.49. The smallest absolute Gasteiger partial charge is 0.199 e. The minimum absolute atomic E-state index is 0.0354. The lowest BCUT2D eigenvalue weighted by Gasteiger charge is -2.09. The molecule has 0 atom stereocenters. The lowest BCUT2D eigenvalue weighted by atomic mass is 9.99. The normalized spacial score (nSPS) is 13.7. The highest BCUT2D eigenvalue weighted by atomic mass is 16.5. The van der Waals surface area contributed by atoms with Crippen molar-refractivity contribution >= 4 is 22.9 Å². The molecule has 4 nitrogen and oxygen atoms in total. The lowest BCUT2D eigenvalue weighted by Crippen LogP contribution is -2.12. The monoisotopic (exact) mass is 355 g/mol. The summed E-state index contributed by atoms with van der Waals surface area (Å²) in [5, 5.41) is 10.8. The van der Waals surface area contributed by atoms with Crippen molar-refractivity contribution < 1.29 is 14.6 Å². The first-order valence-corrected chi connectivity index (χ1v) is 8.55. The number of rotatable bonds is 4. The average molecular weight is 355 g/mol. The third-order valence-electron chi connectivity index (χ3n) is 4.49. The van der Waals surface area contributed by atoms with E-state index in [-0.39, 0.29) is 17.1 Å². The molecule has 0 amide bonds. The SMILES string of the molecule is COc1ccc(N=C(C2=C(O)c3ccccc3C2=O)c2ccccc2)cc1. The Balaban J connectivity index is 1.88. The van der Waals surface area contributed by atoms with Crippen LogP contribution in [0.4, 0.5) is 5.69 Å². The molecule has 0 heterocycles. The highest BCUT2D eigenvalue weighted by Crippen LogP contribution is 2.34. The molecule has 0 bridgehead atoms. The maximum absolute atomic E-state index is 13.0. The number of ether oxygens (including phenoxy) is 1. The van der Waals surface area contributed by atoms with E-state index in [0.717, 1.165) is 11.3 Å². The molecule has 0 radical (unpaired) electrons. The summed E-state index contributed by atoms with van der Waals surface area (Å²) in [6, 6.07) is 23.7. The van der Waals surface area contributed by atoms with Crippen LogP contribution in [0.5, 0.6) is 5.75 Å². The topological polar surface area (TPSA) is 58.9 Å². The number of methoxy groups -OCH3 is 1. The summed E-state index contributed by atoms with van der Waals surface area (Å²) in [4.78, 5) is 17.7. The van der Waals surface area contributed by atoms with Crippen LogP contribution in [0.25, 0.3) is 5.76 Å². The molecule has 27 heavy (non-hydrogen) atoms. The summed E-state index contributed by atoms with van der Waals surface area (Å²) in [6.07, 6.45) is 0. The molecule has 0 aromatic heterocycles. The maximum atomic E-state index is 13.0. The number of aliphatic hydroxyl groups is 1. The summed E-state index contributed by atoms with van der Waals surface area (Å²) in [6.45, 7) is 0. The van der Waals surface area contributed by atoms with Gasteiger partial charge in [-0.15, -0.1) is 0 Å². The minimum Gasteiger partial charge on any atom is -0.506 e. The summed E-state index contributed by atoms with van der Waals surface area (Å²) in [7, 11) is 1.60. The van der Waals surface area contributed by atoms with E-state index >= 15 is 0 Å². The van der Waals surface area contributed by atoms with Gasteiger partial charge < -0.3 is 9.84 Å². The van der Waals surface area contributed by atoms with Crippen LogP contribution >= 0.6 is 0 Å². The number of benzene rings is 3. The molecule has 0 unspecified atom stereocenters. The van der Waals surface area contributed by atoms with Crippen molar-refractivity contribution in [3.63, 3.8) is 0 Å². The van der Waals surface area contributed by atoms with Crippen molar-refractivity contribution in [2.45, 2.75) is 0 Å². The Morgan fingerprint density at radius 3 is 2.11 bits per heavy atom. The Hall–Kier alpha value is -3.66. The van der Waals surface area contributed by atoms with E-state index in [2.05, 4.69) is 0 Å². The Morgan fingerprint density at radius 2 is 1.48 bits per heavy atom. The largest absolute Gasteiger partial charge is 0.506 e. The van der Waals surface area contributed by atoms with Gasteiger partial charge in [-0.2, -0.15) is 0 Å². The number of hydrogen-bond acceptors (Lipinski definition) is 4. The zero-order chi connectivity index (χ0) is 18.8. The minimum atomic E-state index is -0.223. The molecule has 3 aromatic rings. The molecule has 0 fully saturated rings. The summed E-state index contributed by atoms with van der Waals surface area (Å²) in [5.41, 5.74) is 3.12. The molecule has 132 valence electrons. The van der Waals surface area contributed by atoms with Gasteiger partial charge >= 0.3 is 0 Å². The van der Waals surface area contributed by atoms with E-state index in [1.165, 1.54) is 0 Å². The van der Waals surface area contributed by atoms with Crippen LogP contribution in [0.1, 0.15) is 21.5 Å². The van der Waals surface area contributed by atoms with E-state index in [9.17, 15) is 9.90 Å². The van der Waals surface area contributed by atoms with Crippen molar-refractivity contribution in [3.05, 3.63) is 101 Å². The van der Waals surface area contributed by atoms with Crippen molar-refractivity contribution in [2.75, 3.05) is 7.11 Å². The number of hydrogen-bond donors (Lipinski definition) is 1. The first-order chi connectivity index (χ1) is 13.2. The fourth-order valence-electron chi connectivity index (χ4n) is 3.13. The standard InChI is InChI=1S/C23H17NO3/c1-27-17-13-11-16(12-14-17)24-21(15-7-3-2-4-8-15)20-22(25)18-9-5-6-10-19(18)23(20)26/h2-14,25H,1H3. The summed E-state index contributed by atoms with van der Waals surface area (Å²) < 4.78 is 5.18. The Bertz CT molecular complexity index is 1060. The lowest BCUT2D eigenvalue weighted by molar-refractivity contribution is 0.104. The van der Waals surface area contributed by atoms with Gasteiger partial charge in [0.05, 0.1) is 24.1 Å². The Labute approximate surface area is 157 Å². The molecule has 4 heteroatoms. The fraction of sp³-hybridized carbons (Fsp3) is 0.0435. The maximum Gasteiger partial charge on any atom is 0.199 e. The number of carbonyl (C=O) groups is 1. The van der Waals surface area contributed by atoms with Crippen molar-refractivity contribution in [1.82, 2.24) is 0 Å². The molecule has 3 aromatic carbocycles. The number of ketones is 1. The van der Waals surface area contributed by atoms with E-state index < -0.39 is 0 Å². The molecular formula is C23H17NO3. The molecule has 0 saturated carbocycles. The predicted molar refractivity (Wildman–Crippen MR) is 106 cm³/mol. The molecule has 1 aliphatic rings. The van der Waals surface area contributed by atoms with Gasteiger partial charge in [0.2, 0.25) is 0 Å². The van der Waals surface area contributed by atoms with Crippen LogP contribution in [0.15, 0.2) is 89.4 Å². The van der Waals surface area contributed by atoms with Crippen molar-refractivity contribution in [1.29, 1.82) is 0 Å².